The van der Waals surface area contributed by atoms with Crippen LogP contribution in [0, 0.1) is 0 Å². The summed E-state index contributed by atoms with van der Waals surface area (Å²) in [6.45, 7) is 5.54. The van der Waals surface area contributed by atoms with Crippen LogP contribution in [0.5, 0.6) is 17.2 Å². The van der Waals surface area contributed by atoms with Gasteiger partial charge in [0.05, 0.1) is 31.5 Å². The van der Waals surface area contributed by atoms with Gasteiger partial charge < -0.3 is 38.2 Å². The lowest BCUT2D eigenvalue weighted by Crippen LogP contribution is -2.47. The Morgan fingerprint density at radius 3 is 2.46 bits per heavy atom. The Bertz CT molecular complexity index is 1660. The number of hydrogen-bond donors (Lipinski definition) is 0. The molecule has 0 bridgehead atoms. The number of likely N-dealkylation sites (tertiary alicyclic amines) is 1. The average Bonchev–Trinajstić information content (AvgIpc) is 3.15. The Kier molecular flexibility index (Phi) is 12.7. The average molecular weight is 701 g/mol. The largest absolute Gasteiger partial charge is 0.490 e. The van der Waals surface area contributed by atoms with Gasteiger partial charge in [-0.05, 0) is 72.0 Å². The van der Waals surface area contributed by atoms with Crippen molar-refractivity contribution < 1.29 is 33.2 Å². The maximum Gasteiger partial charge on any atom is 0.410 e. The van der Waals surface area contributed by atoms with Crippen molar-refractivity contribution in [3.8, 4) is 17.2 Å². The number of rotatable bonds is 15. The van der Waals surface area contributed by atoms with Gasteiger partial charge >= 0.3 is 6.09 Å². The second kappa shape index (κ2) is 18.0. The maximum atomic E-state index is 13.2. The molecule has 50 heavy (non-hydrogen) atoms. The molecule has 2 aliphatic heterocycles. The Balaban J connectivity index is 1.10. The third kappa shape index (κ3) is 9.84. The molecule has 0 saturated carbocycles. The molecule has 0 spiro atoms. The molecule has 1 fully saturated rings. The van der Waals surface area contributed by atoms with Crippen LogP contribution in [0.1, 0.15) is 35.4 Å². The first-order chi connectivity index (χ1) is 24.6. The lowest BCUT2D eigenvalue weighted by atomic mass is 9.87. The fraction of sp³-hybridized carbons (Fsp3) is 0.375. The molecule has 0 aromatic heterocycles. The third-order valence-electron chi connectivity index (χ3n) is 8.97. The molecule has 9 nitrogen and oxygen atoms in total. The van der Waals surface area contributed by atoms with E-state index in [9.17, 15) is 4.79 Å². The normalized spacial score (nSPS) is 17.1. The summed E-state index contributed by atoms with van der Waals surface area (Å²) in [7, 11) is 1.73. The molecule has 1 amide bonds. The van der Waals surface area contributed by atoms with Crippen LogP contribution < -0.4 is 19.1 Å². The number of nitrogens with zero attached hydrogens (tertiary/aromatic N) is 2. The van der Waals surface area contributed by atoms with E-state index in [4.69, 9.17) is 40.0 Å². The second-order valence-corrected chi connectivity index (χ2v) is 12.9. The summed E-state index contributed by atoms with van der Waals surface area (Å²) in [5.41, 5.74) is 4.22. The van der Waals surface area contributed by atoms with Crippen LogP contribution in [0.4, 0.5) is 10.5 Å². The molecule has 2 unspecified atom stereocenters. The standard InChI is InChI=1S/C40H45ClN2O7/c1-45-21-6-18-42-20-22-48-38-16-11-31(25-37(38)42)29-49-39-27-43(40(44)50-28-30-7-3-2-4-8-30)19-17-36(39)32-12-14-34(15-13-32)46-23-24-47-35-10-5-9-33(41)26-35/h2-5,7-16,25-26,36,39H,6,17-24,27-29H2,1H3. The highest BCUT2D eigenvalue weighted by Crippen LogP contribution is 2.35. The zero-order valence-corrected chi connectivity index (χ0v) is 29.3. The molecular formula is C40H45ClN2O7. The van der Waals surface area contributed by atoms with E-state index in [1.165, 1.54) is 0 Å². The van der Waals surface area contributed by atoms with E-state index in [1.54, 1.807) is 18.1 Å². The number of piperidine rings is 1. The monoisotopic (exact) mass is 700 g/mol. The minimum atomic E-state index is -0.331. The van der Waals surface area contributed by atoms with E-state index >= 15 is 0 Å². The molecule has 2 aliphatic rings. The summed E-state index contributed by atoms with van der Waals surface area (Å²) < 4.78 is 35.3. The first kappa shape index (κ1) is 35.4. The van der Waals surface area contributed by atoms with E-state index in [0.29, 0.717) is 56.9 Å². The number of ether oxygens (including phenoxy) is 6. The van der Waals surface area contributed by atoms with Crippen molar-refractivity contribution in [2.45, 2.75) is 38.1 Å². The number of hydrogen-bond acceptors (Lipinski definition) is 8. The van der Waals surface area contributed by atoms with E-state index in [0.717, 1.165) is 59.8 Å². The molecule has 2 atom stereocenters. The summed E-state index contributed by atoms with van der Waals surface area (Å²) in [5, 5.41) is 0.633. The minimum absolute atomic E-state index is 0.0832. The van der Waals surface area contributed by atoms with Gasteiger partial charge in [0.15, 0.2) is 0 Å². The second-order valence-electron chi connectivity index (χ2n) is 12.4. The van der Waals surface area contributed by atoms with Gasteiger partial charge in [0, 0.05) is 37.7 Å². The number of fused-ring (bicyclic) bond motifs is 1. The molecule has 2 heterocycles. The lowest BCUT2D eigenvalue weighted by Gasteiger charge is -2.38. The number of benzene rings is 4. The van der Waals surface area contributed by atoms with E-state index in [2.05, 4.69) is 29.2 Å². The van der Waals surface area contributed by atoms with Crippen molar-refractivity contribution in [1.29, 1.82) is 0 Å². The van der Waals surface area contributed by atoms with Gasteiger partial charge in [-0.15, -0.1) is 0 Å². The van der Waals surface area contributed by atoms with Crippen LogP contribution >= 0.6 is 11.6 Å². The molecule has 0 N–H and O–H groups in total. The Labute approximate surface area is 299 Å². The van der Waals surface area contributed by atoms with Crippen molar-refractivity contribution in [1.82, 2.24) is 4.90 Å². The van der Waals surface area contributed by atoms with Crippen LogP contribution in [-0.2, 0) is 27.4 Å². The number of amides is 1. The third-order valence-corrected chi connectivity index (χ3v) is 9.21. The molecule has 4 aromatic rings. The highest BCUT2D eigenvalue weighted by molar-refractivity contribution is 6.30. The molecule has 264 valence electrons. The zero-order valence-electron chi connectivity index (χ0n) is 28.5. The number of carbonyl (C=O) groups is 1. The predicted molar refractivity (Wildman–Crippen MR) is 194 cm³/mol. The van der Waals surface area contributed by atoms with E-state index < -0.39 is 0 Å². The van der Waals surface area contributed by atoms with Crippen molar-refractivity contribution in [3.63, 3.8) is 0 Å². The lowest BCUT2D eigenvalue weighted by molar-refractivity contribution is -0.0246. The van der Waals surface area contributed by atoms with Gasteiger partial charge in [-0.3, -0.25) is 0 Å². The minimum Gasteiger partial charge on any atom is -0.490 e. The molecule has 10 heteroatoms. The van der Waals surface area contributed by atoms with Crippen LogP contribution in [0.25, 0.3) is 0 Å². The maximum absolute atomic E-state index is 13.2. The molecule has 1 saturated heterocycles. The molecule has 4 aromatic carbocycles. The number of anilines is 1. The molecule has 0 radical (unpaired) electrons. The van der Waals surface area contributed by atoms with Crippen LogP contribution in [0.3, 0.4) is 0 Å². The first-order valence-electron chi connectivity index (χ1n) is 17.2. The quantitative estimate of drug-likeness (QED) is 0.117. The van der Waals surface area contributed by atoms with Crippen LogP contribution in [-0.4, -0.2) is 76.8 Å². The van der Waals surface area contributed by atoms with Crippen molar-refractivity contribution in [3.05, 3.63) is 119 Å². The molecule has 6 rings (SSSR count). The van der Waals surface area contributed by atoms with Gasteiger partial charge in [-0.1, -0.05) is 66.2 Å². The number of halogens is 1. The number of carbonyl (C=O) groups excluding carboxylic acids is 1. The van der Waals surface area contributed by atoms with Crippen molar-refractivity contribution >= 4 is 23.4 Å². The number of methoxy groups -OCH3 is 1. The first-order valence-corrected chi connectivity index (χ1v) is 17.6. The highest BCUT2D eigenvalue weighted by atomic mass is 35.5. The van der Waals surface area contributed by atoms with Crippen molar-refractivity contribution in [2.24, 2.45) is 0 Å². The highest BCUT2D eigenvalue weighted by Gasteiger charge is 2.34. The van der Waals surface area contributed by atoms with Gasteiger partial charge in [0.25, 0.3) is 0 Å². The predicted octanol–water partition coefficient (Wildman–Crippen LogP) is 7.74. The van der Waals surface area contributed by atoms with Crippen molar-refractivity contribution in [2.75, 3.05) is 64.6 Å². The summed E-state index contributed by atoms with van der Waals surface area (Å²) in [6.07, 6.45) is 1.11. The SMILES string of the molecule is COCCCN1CCOc2ccc(COC3CN(C(=O)OCc4ccccc4)CCC3c3ccc(OCCOc4cccc(Cl)c4)cc3)cc21. The Hall–Kier alpha value is -4.44. The summed E-state index contributed by atoms with van der Waals surface area (Å²) in [6, 6.07) is 31.4. The van der Waals surface area contributed by atoms with Crippen LogP contribution in [0.15, 0.2) is 97.1 Å². The van der Waals surface area contributed by atoms with Gasteiger partial charge in [0.1, 0.15) is 43.7 Å². The fourth-order valence-corrected chi connectivity index (χ4v) is 6.55. The van der Waals surface area contributed by atoms with Crippen LogP contribution in [0.2, 0.25) is 5.02 Å². The Morgan fingerprint density at radius 1 is 0.840 bits per heavy atom. The van der Waals surface area contributed by atoms with Gasteiger partial charge in [0.2, 0.25) is 0 Å². The topological polar surface area (TPSA) is 78.9 Å². The summed E-state index contributed by atoms with van der Waals surface area (Å²) in [4.78, 5) is 17.3. The Morgan fingerprint density at radius 2 is 1.66 bits per heavy atom. The zero-order chi connectivity index (χ0) is 34.5. The van der Waals surface area contributed by atoms with E-state index in [-0.39, 0.29) is 24.7 Å². The molecule has 0 aliphatic carbocycles. The molecular weight excluding hydrogens is 656 g/mol. The van der Waals surface area contributed by atoms with Gasteiger partial charge in [-0.25, -0.2) is 4.79 Å². The fourth-order valence-electron chi connectivity index (χ4n) is 6.37. The van der Waals surface area contributed by atoms with Gasteiger partial charge in [-0.2, -0.15) is 0 Å². The smallest absolute Gasteiger partial charge is 0.410 e. The van der Waals surface area contributed by atoms with E-state index in [1.807, 2.05) is 66.7 Å². The summed E-state index contributed by atoms with van der Waals surface area (Å²) in [5.74, 6) is 2.44. The summed E-state index contributed by atoms with van der Waals surface area (Å²) >= 11 is 6.05.